The average molecular weight is 340 g/mol. The van der Waals surface area contributed by atoms with Crippen LogP contribution in [0.3, 0.4) is 0 Å². The van der Waals surface area contributed by atoms with E-state index in [4.69, 9.17) is 0 Å². The van der Waals surface area contributed by atoms with Crippen LogP contribution in [0.15, 0.2) is 29.3 Å². The molecule has 1 amide bonds. The largest absolute Gasteiger partial charge is 0.338 e. The van der Waals surface area contributed by atoms with Crippen molar-refractivity contribution in [2.24, 2.45) is 5.92 Å². The molecule has 0 aliphatic heterocycles. The van der Waals surface area contributed by atoms with Crippen molar-refractivity contribution in [3.05, 3.63) is 40.4 Å². The first kappa shape index (κ1) is 18.7. The number of carbonyl (C=O) groups excluding carboxylic acids is 1. The standard InChI is InChI=1S/C19H24N4O2/c1-13(2)10-19(4,11-20)22-16(24)8-9-23-12-21-17-14(3)6-5-7-15(17)18(23)25/h5-7,12-13H,8-10H2,1-4H3,(H,22,24)/t19-/m0/s1. The highest BCUT2D eigenvalue weighted by Gasteiger charge is 2.26. The van der Waals surface area contributed by atoms with Gasteiger partial charge in [-0.3, -0.25) is 14.2 Å². The zero-order chi connectivity index (χ0) is 18.6. The van der Waals surface area contributed by atoms with Crippen LogP contribution >= 0.6 is 0 Å². The summed E-state index contributed by atoms with van der Waals surface area (Å²) in [6.45, 7) is 7.86. The van der Waals surface area contributed by atoms with Gasteiger partial charge in [-0.15, -0.1) is 0 Å². The fraction of sp³-hybridized carbons (Fsp3) is 0.474. The number of para-hydroxylation sites is 1. The summed E-state index contributed by atoms with van der Waals surface area (Å²) in [4.78, 5) is 29.1. The summed E-state index contributed by atoms with van der Waals surface area (Å²) in [6.07, 6.45) is 2.17. The molecule has 0 saturated carbocycles. The molecule has 0 aliphatic carbocycles. The van der Waals surface area contributed by atoms with Crippen LogP contribution in [0.4, 0.5) is 0 Å². The molecule has 0 unspecified atom stereocenters. The Morgan fingerprint density at radius 1 is 1.44 bits per heavy atom. The van der Waals surface area contributed by atoms with E-state index in [1.165, 1.54) is 10.9 Å². The summed E-state index contributed by atoms with van der Waals surface area (Å²) in [7, 11) is 0. The molecule has 1 N–H and O–H groups in total. The van der Waals surface area contributed by atoms with Gasteiger partial charge >= 0.3 is 0 Å². The predicted octanol–water partition coefficient (Wildman–Crippen LogP) is 2.54. The number of rotatable bonds is 6. The highest BCUT2D eigenvalue weighted by molar-refractivity contribution is 5.80. The van der Waals surface area contributed by atoms with Crippen LogP contribution < -0.4 is 10.9 Å². The summed E-state index contributed by atoms with van der Waals surface area (Å²) in [5.41, 5.74) is 0.571. The van der Waals surface area contributed by atoms with E-state index in [9.17, 15) is 14.9 Å². The molecule has 1 aromatic heterocycles. The number of hydrogen-bond donors (Lipinski definition) is 1. The number of hydrogen-bond acceptors (Lipinski definition) is 4. The first-order valence-electron chi connectivity index (χ1n) is 8.43. The van der Waals surface area contributed by atoms with E-state index in [1.54, 1.807) is 13.0 Å². The number of fused-ring (bicyclic) bond motifs is 1. The number of aromatic nitrogens is 2. The van der Waals surface area contributed by atoms with Crippen LogP contribution in [-0.2, 0) is 11.3 Å². The Kier molecular flexibility index (Phi) is 5.58. The van der Waals surface area contributed by atoms with Gasteiger partial charge in [0, 0.05) is 13.0 Å². The van der Waals surface area contributed by atoms with Crippen molar-refractivity contribution in [3.63, 3.8) is 0 Å². The lowest BCUT2D eigenvalue weighted by atomic mass is 9.92. The second-order valence-electron chi connectivity index (χ2n) is 7.05. The molecule has 2 aromatic rings. The van der Waals surface area contributed by atoms with Gasteiger partial charge in [0.15, 0.2) is 0 Å². The number of benzene rings is 1. The molecule has 0 fully saturated rings. The Balaban J connectivity index is 2.10. The van der Waals surface area contributed by atoms with Crippen LogP contribution in [0.2, 0.25) is 0 Å². The smallest absolute Gasteiger partial charge is 0.261 e. The van der Waals surface area contributed by atoms with Gasteiger partial charge in [0.2, 0.25) is 5.91 Å². The Hall–Kier alpha value is -2.68. The maximum Gasteiger partial charge on any atom is 0.261 e. The van der Waals surface area contributed by atoms with Gasteiger partial charge in [0.25, 0.3) is 5.56 Å². The number of nitrogens with one attached hydrogen (secondary N) is 1. The maximum atomic E-state index is 12.5. The third kappa shape index (κ3) is 4.44. The molecule has 0 radical (unpaired) electrons. The molecule has 25 heavy (non-hydrogen) atoms. The van der Waals surface area contributed by atoms with Gasteiger partial charge in [-0.2, -0.15) is 5.26 Å². The third-order valence-electron chi connectivity index (χ3n) is 4.11. The number of nitrogens with zero attached hydrogens (tertiary/aromatic N) is 3. The molecule has 0 aliphatic rings. The third-order valence-corrected chi connectivity index (χ3v) is 4.11. The average Bonchev–Trinajstić information content (AvgIpc) is 2.54. The number of amides is 1. The monoisotopic (exact) mass is 340 g/mol. The number of aryl methyl sites for hydroxylation is 2. The van der Waals surface area contributed by atoms with Crippen molar-refractivity contribution < 1.29 is 4.79 Å². The Labute approximate surface area is 147 Å². The van der Waals surface area contributed by atoms with Gasteiger partial charge in [0.1, 0.15) is 5.54 Å². The van der Waals surface area contributed by atoms with Gasteiger partial charge in [0.05, 0.1) is 23.3 Å². The number of carbonyl (C=O) groups is 1. The Bertz CT molecular complexity index is 879. The quantitative estimate of drug-likeness (QED) is 0.875. The minimum atomic E-state index is -0.894. The summed E-state index contributed by atoms with van der Waals surface area (Å²) in [5.74, 6) is 0.0430. The van der Waals surface area contributed by atoms with Crippen LogP contribution in [0, 0.1) is 24.2 Å². The predicted molar refractivity (Wildman–Crippen MR) is 97.0 cm³/mol. The molecule has 0 saturated heterocycles. The van der Waals surface area contributed by atoms with Crippen molar-refractivity contribution in [3.8, 4) is 6.07 Å². The highest BCUT2D eigenvalue weighted by atomic mass is 16.2. The lowest BCUT2D eigenvalue weighted by Gasteiger charge is -2.25. The molecule has 1 heterocycles. The van der Waals surface area contributed by atoms with Crippen LogP contribution in [0.5, 0.6) is 0 Å². The summed E-state index contributed by atoms with van der Waals surface area (Å²) < 4.78 is 1.44. The van der Waals surface area contributed by atoms with Crippen LogP contribution in [0.1, 0.15) is 39.2 Å². The first-order valence-corrected chi connectivity index (χ1v) is 8.43. The van der Waals surface area contributed by atoms with Gasteiger partial charge < -0.3 is 5.32 Å². The van der Waals surface area contributed by atoms with E-state index in [-0.39, 0.29) is 24.4 Å². The molecule has 1 aromatic carbocycles. The second-order valence-corrected chi connectivity index (χ2v) is 7.05. The van der Waals surface area contributed by atoms with E-state index in [0.29, 0.717) is 23.2 Å². The fourth-order valence-corrected chi connectivity index (χ4v) is 3.03. The van der Waals surface area contributed by atoms with Gasteiger partial charge in [-0.25, -0.2) is 4.98 Å². The summed E-state index contributed by atoms with van der Waals surface area (Å²) in [5, 5.41) is 12.6. The van der Waals surface area contributed by atoms with E-state index >= 15 is 0 Å². The highest BCUT2D eigenvalue weighted by Crippen LogP contribution is 2.16. The topological polar surface area (TPSA) is 87.8 Å². The van der Waals surface area contributed by atoms with E-state index < -0.39 is 5.54 Å². The Morgan fingerprint density at radius 2 is 2.16 bits per heavy atom. The normalized spacial score (nSPS) is 13.4. The SMILES string of the molecule is Cc1cccc2c(=O)n(CCC(=O)N[C@](C)(C#N)CC(C)C)cnc12. The zero-order valence-corrected chi connectivity index (χ0v) is 15.2. The van der Waals surface area contributed by atoms with E-state index in [1.807, 2.05) is 32.9 Å². The minimum absolute atomic E-state index is 0.119. The lowest BCUT2D eigenvalue weighted by Crippen LogP contribution is -2.46. The Morgan fingerprint density at radius 3 is 2.80 bits per heavy atom. The number of nitriles is 1. The molecule has 132 valence electrons. The summed E-state index contributed by atoms with van der Waals surface area (Å²) >= 11 is 0. The summed E-state index contributed by atoms with van der Waals surface area (Å²) in [6, 6.07) is 7.64. The molecule has 2 rings (SSSR count). The lowest BCUT2D eigenvalue weighted by molar-refractivity contribution is -0.122. The fourth-order valence-electron chi connectivity index (χ4n) is 3.03. The zero-order valence-electron chi connectivity index (χ0n) is 15.2. The van der Waals surface area contributed by atoms with Gasteiger partial charge in [-0.05, 0) is 37.8 Å². The van der Waals surface area contributed by atoms with Crippen LogP contribution in [0.25, 0.3) is 10.9 Å². The first-order chi connectivity index (χ1) is 11.8. The van der Waals surface area contributed by atoms with Gasteiger partial charge in [-0.1, -0.05) is 26.0 Å². The molecule has 1 atom stereocenters. The molecular weight excluding hydrogens is 316 g/mol. The van der Waals surface area contributed by atoms with Crippen molar-refractivity contribution in [1.82, 2.24) is 14.9 Å². The minimum Gasteiger partial charge on any atom is -0.338 e. The second kappa shape index (κ2) is 7.47. The van der Waals surface area contributed by atoms with E-state index in [0.717, 1.165) is 5.56 Å². The van der Waals surface area contributed by atoms with Crippen molar-refractivity contribution in [1.29, 1.82) is 5.26 Å². The molecule has 0 spiro atoms. The van der Waals surface area contributed by atoms with Crippen LogP contribution in [-0.4, -0.2) is 21.0 Å². The molecule has 6 nitrogen and oxygen atoms in total. The van der Waals surface area contributed by atoms with Crippen molar-refractivity contribution >= 4 is 16.8 Å². The van der Waals surface area contributed by atoms with E-state index in [2.05, 4.69) is 16.4 Å². The van der Waals surface area contributed by atoms with Crippen molar-refractivity contribution in [2.75, 3.05) is 0 Å². The maximum absolute atomic E-state index is 12.5. The molecule has 0 bridgehead atoms. The molecular formula is C19H24N4O2. The van der Waals surface area contributed by atoms with Crippen molar-refractivity contribution in [2.45, 2.75) is 52.6 Å². The molecule has 6 heteroatoms.